The maximum atomic E-state index is 4.07. The molecule has 0 bridgehead atoms. The molecule has 0 aliphatic carbocycles. The molecule has 0 radical (unpaired) electrons. The van der Waals surface area contributed by atoms with Gasteiger partial charge in [-0.1, -0.05) is 122 Å². The quantitative estimate of drug-likeness (QED) is 0.101. The minimum atomic E-state index is 0.709. The van der Waals surface area contributed by atoms with Gasteiger partial charge in [-0.05, 0) is 18.8 Å². The van der Waals surface area contributed by atoms with E-state index >= 15 is 0 Å². The first-order valence-corrected chi connectivity index (χ1v) is 13.4. The van der Waals surface area contributed by atoms with E-state index in [1.807, 2.05) is 0 Å². The van der Waals surface area contributed by atoms with Crippen LogP contribution in [0.5, 0.6) is 0 Å². The number of allylic oxidation sites excluding steroid dienone is 1. The van der Waals surface area contributed by atoms with Gasteiger partial charge in [0.1, 0.15) is 6.54 Å². The molecule has 1 atom stereocenters. The second kappa shape index (κ2) is 21.1. The highest BCUT2D eigenvalue weighted by Crippen LogP contribution is 2.18. The van der Waals surface area contributed by atoms with E-state index in [0.717, 1.165) is 6.54 Å². The van der Waals surface area contributed by atoms with Gasteiger partial charge in [-0.25, -0.2) is 4.57 Å². The Morgan fingerprint density at radius 1 is 0.600 bits per heavy atom. The summed E-state index contributed by atoms with van der Waals surface area (Å²) in [6.07, 6.45) is 33.5. The highest BCUT2D eigenvalue weighted by atomic mass is 14.9. The Kier molecular flexibility index (Phi) is 19.0. The van der Waals surface area contributed by atoms with Gasteiger partial charge >= 0.3 is 0 Å². The Labute approximate surface area is 189 Å². The van der Waals surface area contributed by atoms with E-state index < -0.39 is 0 Å². The SMILES string of the molecule is C=CC(CCCCCCCCCCCCCCCCCC)CCC[n+]1ccccc1. The van der Waals surface area contributed by atoms with Crippen LogP contribution < -0.4 is 4.57 Å². The van der Waals surface area contributed by atoms with E-state index in [2.05, 4.69) is 54.7 Å². The van der Waals surface area contributed by atoms with E-state index in [4.69, 9.17) is 0 Å². The second-order valence-electron chi connectivity index (χ2n) is 9.34. The Morgan fingerprint density at radius 3 is 1.50 bits per heavy atom. The highest BCUT2D eigenvalue weighted by Gasteiger charge is 2.06. The zero-order valence-corrected chi connectivity index (χ0v) is 20.3. The zero-order valence-electron chi connectivity index (χ0n) is 20.3. The van der Waals surface area contributed by atoms with E-state index in [-0.39, 0.29) is 0 Å². The summed E-state index contributed by atoms with van der Waals surface area (Å²) >= 11 is 0. The Balaban J connectivity index is 1.81. The number of nitrogens with zero attached hydrogens (tertiary/aromatic N) is 1. The first-order valence-electron chi connectivity index (χ1n) is 13.4. The largest absolute Gasteiger partial charge is 0.205 e. The van der Waals surface area contributed by atoms with Crippen LogP contribution in [0.2, 0.25) is 0 Å². The third-order valence-corrected chi connectivity index (χ3v) is 6.53. The van der Waals surface area contributed by atoms with Gasteiger partial charge in [0.2, 0.25) is 0 Å². The van der Waals surface area contributed by atoms with Crippen molar-refractivity contribution in [1.29, 1.82) is 0 Å². The first kappa shape index (κ1) is 26.9. The average Bonchev–Trinajstić information content (AvgIpc) is 2.78. The molecule has 0 spiro atoms. The van der Waals surface area contributed by atoms with Crippen LogP contribution in [0.3, 0.4) is 0 Å². The fourth-order valence-electron chi connectivity index (χ4n) is 4.45. The van der Waals surface area contributed by atoms with Gasteiger partial charge in [0.05, 0.1) is 0 Å². The molecular formula is C29H52N+. The van der Waals surface area contributed by atoms with Crippen LogP contribution in [0.4, 0.5) is 0 Å². The lowest BCUT2D eigenvalue weighted by Crippen LogP contribution is -2.32. The Morgan fingerprint density at radius 2 is 1.03 bits per heavy atom. The number of hydrogen-bond donors (Lipinski definition) is 0. The zero-order chi connectivity index (χ0) is 21.5. The molecule has 172 valence electrons. The molecule has 0 N–H and O–H groups in total. The number of rotatable bonds is 22. The minimum absolute atomic E-state index is 0.709. The van der Waals surface area contributed by atoms with Crippen molar-refractivity contribution in [2.24, 2.45) is 5.92 Å². The van der Waals surface area contributed by atoms with Gasteiger partial charge in [-0.2, -0.15) is 0 Å². The summed E-state index contributed by atoms with van der Waals surface area (Å²) in [7, 11) is 0. The van der Waals surface area contributed by atoms with Gasteiger partial charge < -0.3 is 0 Å². The van der Waals surface area contributed by atoms with Gasteiger partial charge in [0.15, 0.2) is 12.4 Å². The molecule has 30 heavy (non-hydrogen) atoms. The summed E-state index contributed by atoms with van der Waals surface area (Å²) in [6.45, 7) is 7.50. The fourth-order valence-corrected chi connectivity index (χ4v) is 4.45. The van der Waals surface area contributed by atoms with Crippen molar-refractivity contribution in [3.05, 3.63) is 43.2 Å². The first-order chi connectivity index (χ1) is 14.9. The molecule has 0 fully saturated rings. The molecule has 1 unspecified atom stereocenters. The smallest absolute Gasteiger partial charge is 0.168 e. The topological polar surface area (TPSA) is 3.88 Å². The van der Waals surface area contributed by atoms with Crippen LogP contribution in [-0.2, 0) is 6.54 Å². The van der Waals surface area contributed by atoms with E-state index in [1.165, 1.54) is 122 Å². The summed E-state index contributed by atoms with van der Waals surface area (Å²) in [5, 5.41) is 0. The van der Waals surface area contributed by atoms with Crippen molar-refractivity contribution < 1.29 is 4.57 Å². The summed E-state index contributed by atoms with van der Waals surface area (Å²) in [6, 6.07) is 6.31. The molecule has 1 aromatic rings. The lowest BCUT2D eigenvalue weighted by Gasteiger charge is -2.11. The maximum absolute atomic E-state index is 4.07. The monoisotopic (exact) mass is 414 g/mol. The van der Waals surface area contributed by atoms with Crippen molar-refractivity contribution in [3.8, 4) is 0 Å². The molecule has 1 nitrogen and oxygen atoms in total. The summed E-state index contributed by atoms with van der Waals surface area (Å²) in [4.78, 5) is 0. The van der Waals surface area contributed by atoms with Crippen molar-refractivity contribution in [2.75, 3.05) is 0 Å². The molecule has 0 saturated heterocycles. The minimum Gasteiger partial charge on any atom is -0.205 e. The molecule has 0 aliphatic heterocycles. The molecule has 0 aliphatic rings. The van der Waals surface area contributed by atoms with Crippen molar-refractivity contribution in [1.82, 2.24) is 0 Å². The highest BCUT2D eigenvalue weighted by molar-refractivity contribution is 4.83. The third kappa shape index (κ3) is 16.7. The lowest BCUT2D eigenvalue weighted by molar-refractivity contribution is -0.697. The molecule has 1 heterocycles. The number of pyridine rings is 1. The van der Waals surface area contributed by atoms with Gasteiger partial charge in [-0.15, -0.1) is 6.58 Å². The van der Waals surface area contributed by atoms with E-state index in [9.17, 15) is 0 Å². The van der Waals surface area contributed by atoms with Crippen molar-refractivity contribution >= 4 is 0 Å². The molecule has 1 aromatic heterocycles. The summed E-state index contributed by atoms with van der Waals surface area (Å²) in [5.74, 6) is 0.709. The Bertz CT molecular complexity index is 467. The standard InChI is InChI=1S/C29H52N/c1-3-5-6-7-8-9-10-11-12-13-14-15-16-17-18-20-24-29(4-2)25-23-28-30-26-21-19-22-27-30/h4,19,21-22,26-27,29H,2-3,5-18,20,23-25,28H2,1H3/q+1. The predicted molar refractivity (Wildman–Crippen MR) is 134 cm³/mol. The van der Waals surface area contributed by atoms with E-state index in [0.29, 0.717) is 5.92 Å². The van der Waals surface area contributed by atoms with Crippen molar-refractivity contribution in [2.45, 2.75) is 135 Å². The molecule has 0 amide bonds. The van der Waals surface area contributed by atoms with Gasteiger partial charge in [0.25, 0.3) is 0 Å². The van der Waals surface area contributed by atoms with Crippen LogP contribution >= 0.6 is 0 Å². The van der Waals surface area contributed by atoms with E-state index in [1.54, 1.807) is 0 Å². The number of unbranched alkanes of at least 4 members (excludes halogenated alkanes) is 15. The maximum Gasteiger partial charge on any atom is 0.168 e. The fraction of sp³-hybridized carbons (Fsp3) is 0.759. The lowest BCUT2D eigenvalue weighted by atomic mass is 9.95. The van der Waals surface area contributed by atoms with Crippen molar-refractivity contribution in [3.63, 3.8) is 0 Å². The van der Waals surface area contributed by atoms with Crippen LogP contribution in [0.1, 0.15) is 129 Å². The predicted octanol–water partition coefficient (Wildman–Crippen LogP) is 9.21. The molecule has 1 rings (SSSR count). The van der Waals surface area contributed by atoms with Crippen LogP contribution in [0.25, 0.3) is 0 Å². The molecule has 0 saturated carbocycles. The normalized spacial score (nSPS) is 12.2. The number of hydrogen-bond acceptors (Lipinski definition) is 0. The summed E-state index contributed by atoms with van der Waals surface area (Å²) < 4.78 is 2.29. The molecule has 0 aromatic carbocycles. The van der Waals surface area contributed by atoms with Crippen LogP contribution in [0, 0.1) is 5.92 Å². The third-order valence-electron chi connectivity index (χ3n) is 6.53. The molecule has 1 heteroatoms. The number of aryl methyl sites for hydroxylation is 1. The van der Waals surface area contributed by atoms with Crippen LogP contribution in [-0.4, -0.2) is 0 Å². The molecular weight excluding hydrogens is 362 g/mol. The Hall–Kier alpha value is -1.11. The number of aromatic nitrogens is 1. The van der Waals surface area contributed by atoms with Gasteiger partial charge in [-0.3, -0.25) is 0 Å². The average molecular weight is 415 g/mol. The summed E-state index contributed by atoms with van der Waals surface area (Å²) in [5.41, 5.74) is 0. The van der Waals surface area contributed by atoms with Crippen LogP contribution in [0.15, 0.2) is 43.2 Å². The second-order valence-corrected chi connectivity index (χ2v) is 9.34. The van der Waals surface area contributed by atoms with Gasteiger partial charge in [0, 0.05) is 18.6 Å².